The van der Waals surface area contributed by atoms with Crippen LogP contribution in [0.2, 0.25) is 0 Å². The minimum absolute atomic E-state index is 0.211. The standard InChI is InChI=1S/C17H20N2O2/c1-13-11-16(21-18-13)12-19-10-9-15(7-8-17(19)20)14-5-3-2-4-6-14/h2-6,11,15H,7-10,12H2,1H3. The normalized spacial score (nSPS) is 19.6. The molecule has 0 N–H and O–H groups in total. The van der Waals surface area contributed by atoms with Crippen LogP contribution in [-0.4, -0.2) is 22.5 Å². The molecule has 1 unspecified atom stereocenters. The zero-order chi connectivity index (χ0) is 14.7. The summed E-state index contributed by atoms with van der Waals surface area (Å²) < 4.78 is 5.22. The van der Waals surface area contributed by atoms with Crippen molar-refractivity contribution in [3.8, 4) is 0 Å². The molecule has 110 valence electrons. The number of amides is 1. The Balaban J connectivity index is 1.67. The summed E-state index contributed by atoms with van der Waals surface area (Å²) >= 11 is 0. The van der Waals surface area contributed by atoms with Gasteiger partial charge in [0.15, 0.2) is 5.76 Å². The van der Waals surface area contributed by atoms with E-state index in [-0.39, 0.29) is 5.91 Å². The van der Waals surface area contributed by atoms with E-state index >= 15 is 0 Å². The first-order valence-electron chi connectivity index (χ1n) is 7.47. The van der Waals surface area contributed by atoms with E-state index in [1.54, 1.807) is 0 Å². The predicted octanol–water partition coefficient (Wildman–Crippen LogP) is 3.28. The van der Waals surface area contributed by atoms with Crippen molar-refractivity contribution in [2.45, 2.75) is 38.6 Å². The van der Waals surface area contributed by atoms with Crippen molar-refractivity contribution in [1.82, 2.24) is 10.1 Å². The monoisotopic (exact) mass is 284 g/mol. The van der Waals surface area contributed by atoms with E-state index < -0.39 is 0 Å². The van der Waals surface area contributed by atoms with Gasteiger partial charge in [0.25, 0.3) is 0 Å². The molecule has 21 heavy (non-hydrogen) atoms. The molecule has 0 spiro atoms. The van der Waals surface area contributed by atoms with Crippen LogP contribution in [0.25, 0.3) is 0 Å². The minimum Gasteiger partial charge on any atom is -0.359 e. The fraction of sp³-hybridized carbons (Fsp3) is 0.412. The second kappa shape index (κ2) is 6.12. The van der Waals surface area contributed by atoms with Gasteiger partial charge in [-0.2, -0.15) is 0 Å². The van der Waals surface area contributed by atoms with Crippen LogP contribution in [0.5, 0.6) is 0 Å². The summed E-state index contributed by atoms with van der Waals surface area (Å²) in [7, 11) is 0. The third-order valence-electron chi connectivity index (χ3n) is 4.10. The molecule has 1 aliphatic rings. The van der Waals surface area contributed by atoms with Crippen molar-refractivity contribution < 1.29 is 9.32 Å². The summed E-state index contributed by atoms with van der Waals surface area (Å²) in [5.41, 5.74) is 2.19. The summed E-state index contributed by atoms with van der Waals surface area (Å²) in [6, 6.07) is 12.4. The van der Waals surface area contributed by atoms with Crippen LogP contribution in [0.4, 0.5) is 0 Å². The second-order valence-corrected chi connectivity index (χ2v) is 5.68. The third-order valence-corrected chi connectivity index (χ3v) is 4.10. The maximum atomic E-state index is 12.3. The lowest BCUT2D eigenvalue weighted by atomic mass is 9.92. The average molecular weight is 284 g/mol. The molecule has 2 aromatic rings. The Bertz CT molecular complexity index is 606. The number of hydrogen-bond acceptors (Lipinski definition) is 3. The Morgan fingerprint density at radius 1 is 1.29 bits per heavy atom. The number of aryl methyl sites for hydroxylation is 1. The summed E-state index contributed by atoms with van der Waals surface area (Å²) in [5.74, 6) is 1.44. The lowest BCUT2D eigenvalue weighted by molar-refractivity contribution is -0.131. The Morgan fingerprint density at radius 3 is 2.81 bits per heavy atom. The molecule has 1 saturated heterocycles. The number of carbonyl (C=O) groups is 1. The predicted molar refractivity (Wildman–Crippen MR) is 79.7 cm³/mol. The van der Waals surface area contributed by atoms with Crippen LogP contribution >= 0.6 is 0 Å². The smallest absolute Gasteiger partial charge is 0.222 e. The topological polar surface area (TPSA) is 46.3 Å². The van der Waals surface area contributed by atoms with E-state index in [4.69, 9.17) is 4.52 Å². The van der Waals surface area contributed by atoms with Gasteiger partial charge in [-0.15, -0.1) is 0 Å². The van der Waals surface area contributed by atoms with Crippen molar-refractivity contribution in [2.75, 3.05) is 6.54 Å². The highest BCUT2D eigenvalue weighted by molar-refractivity contribution is 5.76. The molecule has 1 aromatic heterocycles. The van der Waals surface area contributed by atoms with Crippen LogP contribution in [-0.2, 0) is 11.3 Å². The van der Waals surface area contributed by atoms with E-state index in [1.807, 2.05) is 24.0 Å². The molecule has 4 heteroatoms. The molecule has 1 aliphatic heterocycles. The van der Waals surface area contributed by atoms with E-state index in [0.717, 1.165) is 30.8 Å². The fourth-order valence-corrected chi connectivity index (χ4v) is 2.94. The number of rotatable bonds is 3. The number of likely N-dealkylation sites (tertiary alicyclic amines) is 1. The molecule has 1 amide bonds. The first kappa shape index (κ1) is 13.9. The molecule has 0 aliphatic carbocycles. The number of aromatic nitrogens is 1. The van der Waals surface area contributed by atoms with Crippen LogP contribution in [0, 0.1) is 6.92 Å². The van der Waals surface area contributed by atoms with Crippen molar-refractivity contribution in [2.24, 2.45) is 0 Å². The lowest BCUT2D eigenvalue weighted by Crippen LogP contribution is -2.29. The zero-order valence-electron chi connectivity index (χ0n) is 12.3. The van der Waals surface area contributed by atoms with Gasteiger partial charge in [0, 0.05) is 19.0 Å². The Labute approximate surface area is 124 Å². The fourth-order valence-electron chi connectivity index (χ4n) is 2.94. The third kappa shape index (κ3) is 3.32. The first-order chi connectivity index (χ1) is 10.2. The SMILES string of the molecule is Cc1cc(CN2CCC(c3ccccc3)CCC2=O)on1. The van der Waals surface area contributed by atoms with Gasteiger partial charge in [-0.3, -0.25) is 4.79 Å². The highest BCUT2D eigenvalue weighted by Crippen LogP contribution is 2.28. The summed E-state index contributed by atoms with van der Waals surface area (Å²) in [6.07, 6.45) is 2.53. The number of carbonyl (C=O) groups excluding carboxylic acids is 1. The van der Waals surface area contributed by atoms with Crippen molar-refractivity contribution in [1.29, 1.82) is 0 Å². The van der Waals surface area contributed by atoms with Crippen molar-refractivity contribution in [3.63, 3.8) is 0 Å². The highest BCUT2D eigenvalue weighted by Gasteiger charge is 2.24. The van der Waals surface area contributed by atoms with Gasteiger partial charge in [0.2, 0.25) is 5.91 Å². The molecule has 1 aromatic carbocycles. The Hall–Kier alpha value is -2.10. The van der Waals surface area contributed by atoms with E-state index in [9.17, 15) is 4.79 Å². The van der Waals surface area contributed by atoms with Crippen LogP contribution in [0.3, 0.4) is 0 Å². The Kier molecular flexibility index (Phi) is 4.04. The summed E-state index contributed by atoms with van der Waals surface area (Å²) in [5, 5.41) is 3.88. The van der Waals surface area contributed by atoms with E-state index in [0.29, 0.717) is 18.9 Å². The number of nitrogens with zero attached hydrogens (tertiary/aromatic N) is 2. The number of benzene rings is 1. The van der Waals surface area contributed by atoms with Crippen molar-refractivity contribution in [3.05, 3.63) is 53.4 Å². The van der Waals surface area contributed by atoms with Gasteiger partial charge in [-0.05, 0) is 31.2 Å². The van der Waals surface area contributed by atoms with Crippen LogP contribution in [0.1, 0.15) is 42.2 Å². The largest absolute Gasteiger partial charge is 0.359 e. The van der Waals surface area contributed by atoms with Gasteiger partial charge in [0.05, 0.1) is 12.2 Å². The summed E-state index contributed by atoms with van der Waals surface area (Å²) in [6.45, 7) is 3.20. The van der Waals surface area contributed by atoms with Gasteiger partial charge >= 0.3 is 0 Å². The molecule has 1 atom stereocenters. The zero-order valence-corrected chi connectivity index (χ0v) is 12.3. The Morgan fingerprint density at radius 2 is 2.10 bits per heavy atom. The molecular formula is C17H20N2O2. The van der Waals surface area contributed by atoms with Crippen LogP contribution < -0.4 is 0 Å². The molecule has 2 heterocycles. The minimum atomic E-state index is 0.211. The number of hydrogen-bond donors (Lipinski definition) is 0. The van der Waals surface area contributed by atoms with Crippen LogP contribution in [0.15, 0.2) is 40.9 Å². The van der Waals surface area contributed by atoms with Gasteiger partial charge < -0.3 is 9.42 Å². The molecule has 4 nitrogen and oxygen atoms in total. The molecule has 0 saturated carbocycles. The van der Waals surface area contributed by atoms with Gasteiger partial charge in [0.1, 0.15) is 0 Å². The van der Waals surface area contributed by atoms with E-state index in [2.05, 4.69) is 29.4 Å². The molecular weight excluding hydrogens is 264 g/mol. The maximum absolute atomic E-state index is 12.3. The summed E-state index contributed by atoms with van der Waals surface area (Å²) in [4.78, 5) is 14.2. The maximum Gasteiger partial charge on any atom is 0.222 e. The quantitative estimate of drug-likeness (QED) is 0.869. The van der Waals surface area contributed by atoms with Crippen molar-refractivity contribution >= 4 is 5.91 Å². The first-order valence-corrected chi connectivity index (χ1v) is 7.47. The highest BCUT2D eigenvalue weighted by atomic mass is 16.5. The van der Waals surface area contributed by atoms with Gasteiger partial charge in [-0.25, -0.2) is 0 Å². The average Bonchev–Trinajstić information content (AvgIpc) is 2.82. The second-order valence-electron chi connectivity index (χ2n) is 5.68. The lowest BCUT2D eigenvalue weighted by Gasteiger charge is -2.19. The molecule has 3 rings (SSSR count). The molecule has 0 bridgehead atoms. The van der Waals surface area contributed by atoms with E-state index in [1.165, 1.54) is 5.56 Å². The molecule has 1 fully saturated rings. The van der Waals surface area contributed by atoms with Gasteiger partial charge in [-0.1, -0.05) is 35.5 Å². The molecule has 0 radical (unpaired) electrons.